The zero-order valence-corrected chi connectivity index (χ0v) is 21.2. The van der Waals surface area contributed by atoms with Gasteiger partial charge in [-0.3, -0.25) is 9.59 Å². The molecule has 5 rings (SSSR count). The van der Waals surface area contributed by atoms with Crippen LogP contribution in [0.1, 0.15) is 34.3 Å². The third-order valence-corrected chi connectivity index (χ3v) is 8.19. The van der Waals surface area contributed by atoms with Crippen LogP contribution in [0, 0.1) is 5.92 Å². The summed E-state index contributed by atoms with van der Waals surface area (Å²) in [5.74, 6) is 0.538. The van der Waals surface area contributed by atoms with Gasteiger partial charge in [-0.05, 0) is 66.6 Å². The maximum Gasteiger partial charge on any atom is 0.264 e. The molecule has 0 radical (unpaired) electrons. The van der Waals surface area contributed by atoms with Gasteiger partial charge in [-0.15, -0.1) is 0 Å². The molecule has 2 aliphatic rings. The average Bonchev–Trinajstić information content (AvgIpc) is 2.89. The van der Waals surface area contributed by atoms with Gasteiger partial charge in [0.1, 0.15) is 0 Å². The number of hydrogen-bond acceptors (Lipinski definition) is 3. The number of nitrogens with zero attached hydrogens (tertiary/aromatic N) is 2. The minimum atomic E-state index is -0.103. The zero-order chi connectivity index (χ0) is 24.4. The first kappa shape index (κ1) is 23.7. The lowest BCUT2D eigenvalue weighted by Crippen LogP contribution is -2.39. The number of fused-ring (bicyclic) bond motifs is 1. The molecule has 1 saturated heterocycles. The van der Waals surface area contributed by atoms with E-state index >= 15 is 0 Å². The van der Waals surface area contributed by atoms with E-state index in [9.17, 15) is 9.59 Å². The molecule has 3 aromatic carbocycles. The van der Waals surface area contributed by atoms with E-state index in [1.54, 1.807) is 11.9 Å². The third-order valence-electron chi connectivity index (χ3n) is 6.76. The normalized spacial score (nSPS) is 17.5. The Bertz CT molecular complexity index is 1280. The van der Waals surface area contributed by atoms with Crippen LogP contribution in [-0.2, 0) is 11.2 Å². The molecular weight excluding hydrogens is 476 g/mol. The number of benzene rings is 3. The fraction of sp³-hybridized carbons (Fsp3) is 0.241. The molecule has 2 amide bonds. The van der Waals surface area contributed by atoms with Gasteiger partial charge in [0.05, 0.1) is 10.6 Å². The Morgan fingerprint density at radius 1 is 1.03 bits per heavy atom. The van der Waals surface area contributed by atoms with Crippen LogP contribution in [0.2, 0.25) is 5.02 Å². The van der Waals surface area contributed by atoms with E-state index in [-0.39, 0.29) is 11.8 Å². The van der Waals surface area contributed by atoms with E-state index in [2.05, 4.69) is 24.3 Å². The first-order valence-corrected chi connectivity index (χ1v) is 13.1. The highest BCUT2D eigenvalue weighted by molar-refractivity contribution is 8.04. The van der Waals surface area contributed by atoms with Gasteiger partial charge in [-0.1, -0.05) is 71.9 Å². The van der Waals surface area contributed by atoms with E-state index in [1.807, 2.05) is 59.5 Å². The fourth-order valence-corrected chi connectivity index (χ4v) is 6.00. The molecule has 0 spiro atoms. The Morgan fingerprint density at radius 3 is 2.49 bits per heavy atom. The van der Waals surface area contributed by atoms with Gasteiger partial charge in [0.25, 0.3) is 11.8 Å². The van der Waals surface area contributed by atoms with E-state index in [4.69, 9.17) is 11.6 Å². The van der Waals surface area contributed by atoms with Crippen molar-refractivity contribution in [2.45, 2.75) is 24.2 Å². The maximum atomic E-state index is 13.3. The molecule has 0 aromatic heterocycles. The van der Waals surface area contributed by atoms with Gasteiger partial charge in [-0.2, -0.15) is 0 Å². The molecule has 3 aromatic rings. The molecule has 2 aliphatic heterocycles. The second kappa shape index (κ2) is 10.3. The van der Waals surface area contributed by atoms with Crippen molar-refractivity contribution >= 4 is 46.9 Å². The van der Waals surface area contributed by atoms with E-state index in [1.165, 1.54) is 17.3 Å². The topological polar surface area (TPSA) is 40.6 Å². The summed E-state index contributed by atoms with van der Waals surface area (Å²) >= 11 is 7.70. The largest absolute Gasteiger partial charge is 0.339 e. The van der Waals surface area contributed by atoms with Crippen molar-refractivity contribution in [3.63, 3.8) is 0 Å². The summed E-state index contributed by atoms with van der Waals surface area (Å²) in [6.45, 7) is 1.53. The van der Waals surface area contributed by atoms with Crippen LogP contribution < -0.4 is 4.90 Å². The lowest BCUT2D eigenvalue weighted by molar-refractivity contribution is -0.114. The number of likely N-dealkylation sites (N-methyl/N-ethyl adjacent to an activating group) is 1. The van der Waals surface area contributed by atoms with E-state index < -0.39 is 0 Å². The Morgan fingerprint density at radius 2 is 1.74 bits per heavy atom. The zero-order valence-electron chi connectivity index (χ0n) is 19.6. The molecule has 0 bridgehead atoms. The standard InChI is InChI=1S/C29H27ClN2O2S/c1-31-25-18-23(28(33)32-15-13-21(14-16-32)17-20-7-3-2-4-8-20)11-12-26(25)35-27(29(31)34)19-22-9-5-6-10-24(22)30/h2-12,18-19,21H,13-17H2,1H3/b27-19-. The number of halogens is 1. The van der Waals surface area contributed by atoms with Gasteiger partial charge >= 0.3 is 0 Å². The average molecular weight is 503 g/mol. The molecule has 178 valence electrons. The van der Waals surface area contributed by atoms with Gasteiger partial charge in [0, 0.05) is 35.6 Å². The fourth-order valence-electron chi connectivity index (χ4n) is 4.73. The summed E-state index contributed by atoms with van der Waals surface area (Å²) in [5, 5.41) is 0.607. The Hall–Kier alpha value is -3.02. The number of amides is 2. The van der Waals surface area contributed by atoms with E-state index in [0.29, 0.717) is 21.4 Å². The maximum absolute atomic E-state index is 13.3. The van der Waals surface area contributed by atoms with Crippen molar-refractivity contribution in [1.82, 2.24) is 4.90 Å². The number of rotatable bonds is 4. The summed E-state index contributed by atoms with van der Waals surface area (Å²) in [6, 6.07) is 23.7. The van der Waals surface area contributed by atoms with Crippen LogP contribution in [0.25, 0.3) is 6.08 Å². The number of likely N-dealkylation sites (tertiary alicyclic amines) is 1. The molecule has 6 heteroatoms. The van der Waals surface area contributed by atoms with Crippen molar-refractivity contribution in [2.24, 2.45) is 5.92 Å². The highest BCUT2D eigenvalue weighted by atomic mass is 35.5. The Balaban J connectivity index is 1.28. The number of hydrogen-bond donors (Lipinski definition) is 0. The van der Waals surface area contributed by atoms with Crippen LogP contribution in [0.4, 0.5) is 5.69 Å². The van der Waals surface area contributed by atoms with Crippen LogP contribution in [-0.4, -0.2) is 36.9 Å². The predicted molar refractivity (Wildman–Crippen MR) is 144 cm³/mol. The number of thioether (sulfide) groups is 1. The molecule has 0 unspecified atom stereocenters. The van der Waals surface area contributed by atoms with E-state index in [0.717, 1.165) is 48.5 Å². The second-order valence-electron chi connectivity index (χ2n) is 9.10. The number of carbonyl (C=O) groups is 2. The second-order valence-corrected chi connectivity index (χ2v) is 10.6. The molecule has 4 nitrogen and oxygen atoms in total. The molecular formula is C29H27ClN2O2S. The Kier molecular flexibility index (Phi) is 6.98. The first-order chi connectivity index (χ1) is 17.0. The summed E-state index contributed by atoms with van der Waals surface area (Å²) in [6.07, 6.45) is 4.91. The molecule has 1 fully saturated rings. The summed E-state index contributed by atoms with van der Waals surface area (Å²) in [5.41, 5.74) is 3.56. The van der Waals surface area contributed by atoms with Gasteiger partial charge in [0.2, 0.25) is 0 Å². The van der Waals surface area contributed by atoms with Crippen molar-refractivity contribution in [3.8, 4) is 0 Å². The highest BCUT2D eigenvalue weighted by Gasteiger charge is 2.29. The SMILES string of the molecule is CN1C(=O)/C(=C/c2ccccc2Cl)Sc2ccc(C(=O)N3CCC(Cc4ccccc4)CC3)cc21. The van der Waals surface area contributed by atoms with Gasteiger partial charge < -0.3 is 9.80 Å². The van der Waals surface area contributed by atoms with Crippen molar-refractivity contribution < 1.29 is 9.59 Å². The van der Waals surface area contributed by atoms with Crippen molar-refractivity contribution in [3.05, 3.63) is 99.4 Å². The summed E-state index contributed by atoms with van der Waals surface area (Å²) in [7, 11) is 1.75. The minimum Gasteiger partial charge on any atom is -0.339 e. The minimum absolute atomic E-state index is 0.0363. The molecule has 2 heterocycles. The Labute approximate surface area is 215 Å². The number of piperidine rings is 1. The summed E-state index contributed by atoms with van der Waals surface area (Å²) in [4.78, 5) is 31.5. The van der Waals surface area contributed by atoms with Crippen LogP contribution in [0.3, 0.4) is 0 Å². The molecule has 0 atom stereocenters. The van der Waals surface area contributed by atoms with Crippen molar-refractivity contribution in [2.75, 3.05) is 25.0 Å². The van der Waals surface area contributed by atoms with Gasteiger partial charge in [-0.25, -0.2) is 0 Å². The van der Waals surface area contributed by atoms with Gasteiger partial charge in [0.15, 0.2) is 0 Å². The molecule has 0 aliphatic carbocycles. The monoisotopic (exact) mass is 502 g/mol. The smallest absolute Gasteiger partial charge is 0.264 e. The van der Waals surface area contributed by atoms with Crippen LogP contribution in [0.15, 0.2) is 82.6 Å². The molecule has 0 saturated carbocycles. The first-order valence-electron chi connectivity index (χ1n) is 11.9. The van der Waals surface area contributed by atoms with Crippen LogP contribution >= 0.6 is 23.4 Å². The molecule has 0 N–H and O–H groups in total. The number of anilines is 1. The third kappa shape index (κ3) is 5.16. The van der Waals surface area contributed by atoms with Crippen LogP contribution in [0.5, 0.6) is 0 Å². The number of carbonyl (C=O) groups excluding carboxylic acids is 2. The molecule has 35 heavy (non-hydrogen) atoms. The highest BCUT2D eigenvalue weighted by Crippen LogP contribution is 2.42. The lowest BCUT2D eigenvalue weighted by atomic mass is 9.90. The quantitative estimate of drug-likeness (QED) is 0.380. The lowest BCUT2D eigenvalue weighted by Gasteiger charge is -2.33. The van der Waals surface area contributed by atoms with Crippen molar-refractivity contribution in [1.29, 1.82) is 0 Å². The summed E-state index contributed by atoms with van der Waals surface area (Å²) < 4.78 is 0. The predicted octanol–water partition coefficient (Wildman–Crippen LogP) is 6.54.